The van der Waals surface area contributed by atoms with E-state index < -0.39 is 0 Å². The molecule has 1 aliphatic heterocycles. The minimum absolute atomic E-state index is 0.0510. The zero-order valence-electron chi connectivity index (χ0n) is 8.96. The summed E-state index contributed by atoms with van der Waals surface area (Å²) < 4.78 is 5.42. The Morgan fingerprint density at radius 3 is 2.93 bits per heavy atom. The van der Waals surface area contributed by atoms with Crippen LogP contribution in [0.2, 0.25) is 0 Å². The van der Waals surface area contributed by atoms with Crippen molar-refractivity contribution in [2.24, 2.45) is 5.92 Å². The number of hydrogen-bond donors (Lipinski definition) is 1. The van der Waals surface area contributed by atoms with Gasteiger partial charge in [0.1, 0.15) is 0 Å². The van der Waals surface area contributed by atoms with Crippen LogP contribution in [0.4, 0.5) is 0 Å². The third-order valence-corrected chi connectivity index (χ3v) is 2.42. The molecule has 0 spiro atoms. The molecule has 1 heterocycles. The van der Waals surface area contributed by atoms with Crippen molar-refractivity contribution in [3.8, 4) is 0 Å². The predicted molar refractivity (Wildman–Crippen MR) is 55.6 cm³/mol. The second-order valence-corrected chi connectivity index (χ2v) is 3.32. The van der Waals surface area contributed by atoms with Crippen LogP contribution in [-0.2, 0) is 9.53 Å². The van der Waals surface area contributed by atoms with Gasteiger partial charge in [-0.25, -0.2) is 0 Å². The second-order valence-electron chi connectivity index (χ2n) is 3.32. The van der Waals surface area contributed by atoms with Crippen molar-refractivity contribution in [3.05, 3.63) is 23.5 Å². The predicted octanol–water partition coefficient (Wildman–Crippen LogP) is 1.62. The Balaban J connectivity index is 2.93. The molecule has 0 aliphatic carbocycles. The van der Waals surface area contributed by atoms with Gasteiger partial charge in [0, 0.05) is 12.6 Å². The molecule has 1 atom stereocenters. The van der Waals surface area contributed by atoms with E-state index in [1.54, 1.807) is 7.05 Å². The van der Waals surface area contributed by atoms with Gasteiger partial charge in [-0.15, -0.1) is 0 Å². The molecule has 0 radical (unpaired) electrons. The fourth-order valence-electron chi connectivity index (χ4n) is 1.67. The van der Waals surface area contributed by atoms with Crippen LogP contribution in [0.25, 0.3) is 0 Å². The lowest BCUT2D eigenvalue weighted by atomic mass is 9.92. The van der Waals surface area contributed by atoms with Crippen molar-refractivity contribution in [2.75, 3.05) is 13.7 Å². The number of amides is 1. The first-order valence-corrected chi connectivity index (χ1v) is 4.88. The highest BCUT2D eigenvalue weighted by Crippen LogP contribution is 2.26. The Morgan fingerprint density at radius 2 is 2.36 bits per heavy atom. The molecule has 1 amide bonds. The molecular formula is C11H17NO2. The second kappa shape index (κ2) is 4.84. The van der Waals surface area contributed by atoms with E-state index in [9.17, 15) is 4.79 Å². The zero-order valence-corrected chi connectivity index (χ0v) is 8.96. The van der Waals surface area contributed by atoms with E-state index in [-0.39, 0.29) is 11.8 Å². The van der Waals surface area contributed by atoms with Gasteiger partial charge in [-0.1, -0.05) is 12.2 Å². The Bertz CT molecular complexity index is 279. The molecule has 0 saturated carbocycles. The standard InChI is InChI=1S/C11H17NO2/c1-4-5-9-8(2)14-7-6-10(9)11(13)12-3/h4-5,10H,6-7H2,1-3H3,(H,12,13)/b5-4-. The summed E-state index contributed by atoms with van der Waals surface area (Å²) in [5, 5.41) is 2.68. The summed E-state index contributed by atoms with van der Waals surface area (Å²) >= 11 is 0. The molecule has 0 aromatic heterocycles. The van der Waals surface area contributed by atoms with Gasteiger partial charge in [0.15, 0.2) is 0 Å². The SMILES string of the molecule is C/C=C\C1=C(C)OCCC1C(=O)NC. The first-order chi connectivity index (χ1) is 6.70. The maximum Gasteiger partial charge on any atom is 0.227 e. The van der Waals surface area contributed by atoms with Crippen molar-refractivity contribution in [1.82, 2.24) is 5.32 Å². The number of allylic oxidation sites excluding steroid dienone is 3. The summed E-state index contributed by atoms with van der Waals surface area (Å²) in [6, 6.07) is 0. The fraction of sp³-hybridized carbons (Fsp3) is 0.545. The highest BCUT2D eigenvalue weighted by molar-refractivity contribution is 5.82. The highest BCUT2D eigenvalue weighted by atomic mass is 16.5. The maximum atomic E-state index is 11.6. The zero-order chi connectivity index (χ0) is 10.6. The number of carbonyl (C=O) groups excluding carboxylic acids is 1. The molecular weight excluding hydrogens is 178 g/mol. The molecule has 0 aromatic rings. The van der Waals surface area contributed by atoms with E-state index in [0.29, 0.717) is 6.61 Å². The van der Waals surface area contributed by atoms with Crippen LogP contribution in [0.15, 0.2) is 23.5 Å². The van der Waals surface area contributed by atoms with Crippen molar-refractivity contribution in [3.63, 3.8) is 0 Å². The van der Waals surface area contributed by atoms with Gasteiger partial charge < -0.3 is 10.1 Å². The van der Waals surface area contributed by atoms with E-state index in [2.05, 4.69) is 5.32 Å². The van der Waals surface area contributed by atoms with Gasteiger partial charge in [-0.3, -0.25) is 4.79 Å². The molecule has 0 saturated heterocycles. The van der Waals surface area contributed by atoms with Crippen molar-refractivity contribution < 1.29 is 9.53 Å². The van der Waals surface area contributed by atoms with Gasteiger partial charge >= 0.3 is 0 Å². The number of ether oxygens (including phenoxy) is 1. The van der Waals surface area contributed by atoms with Crippen LogP contribution in [0.5, 0.6) is 0 Å². The van der Waals surface area contributed by atoms with E-state index in [0.717, 1.165) is 17.8 Å². The molecule has 1 rings (SSSR count). The Morgan fingerprint density at radius 1 is 1.64 bits per heavy atom. The first kappa shape index (κ1) is 10.8. The molecule has 0 bridgehead atoms. The molecule has 78 valence electrons. The third-order valence-electron chi connectivity index (χ3n) is 2.42. The third kappa shape index (κ3) is 2.16. The molecule has 3 heteroatoms. The number of nitrogens with one attached hydrogen (secondary N) is 1. The molecule has 1 unspecified atom stereocenters. The van der Waals surface area contributed by atoms with Gasteiger partial charge in [0.05, 0.1) is 18.3 Å². The van der Waals surface area contributed by atoms with Gasteiger partial charge in [-0.2, -0.15) is 0 Å². The molecule has 3 nitrogen and oxygen atoms in total. The van der Waals surface area contributed by atoms with Gasteiger partial charge in [0.2, 0.25) is 5.91 Å². The minimum atomic E-state index is -0.0510. The van der Waals surface area contributed by atoms with Crippen molar-refractivity contribution >= 4 is 5.91 Å². The topological polar surface area (TPSA) is 38.3 Å². The van der Waals surface area contributed by atoms with Gasteiger partial charge in [0.25, 0.3) is 0 Å². The monoisotopic (exact) mass is 195 g/mol. The molecule has 0 aromatic carbocycles. The van der Waals surface area contributed by atoms with Crippen LogP contribution in [0, 0.1) is 5.92 Å². The molecule has 0 fully saturated rings. The smallest absolute Gasteiger partial charge is 0.227 e. The summed E-state index contributed by atoms with van der Waals surface area (Å²) in [6.07, 6.45) is 4.65. The van der Waals surface area contributed by atoms with E-state index in [1.807, 2.05) is 26.0 Å². The molecule has 1 N–H and O–H groups in total. The first-order valence-electron chi connectivity index (χ1n) is 4.88. The van der Waals surface area contributed by atoms with E-state index in [4.69, 9.17) is 4.74 Å². The maximum absolute atomic E-state index is 11.6. The Kier molecular flexibility index (Phi) is 3.74. The average molecular weight is 195 g/mol. The lowest BCUT2D eigenvalue weighted by Crippen LogP contribution is -2.31. The van der Waals surface area contributed by atoms with Crippen LogP contribution < -0.4 is 5.32 Å². The van der Waals surface area contributed by atoms with Crippen molar-refractivity contribution in [1.29, 1.82) is 0 Å². The number of carbonyl (C=O) groups is 1. The van der Waals surface area contributed by atoms with Crippen LogP contribution in [0.3, 0.4) is 0 Å². The largest absolute Gasteiger partial charge is 0.498 e. The lowest BCUT2D eigenvalue weighted by Gasteiger charge is -2.24. The fourth-order valence-corrected chi connectivity index (χ4v) is 1.67. The van der Waals surface area contributed by atoms with Gasteiger partial charge in [-0.05, 0) is 20.3 Å². The Hall–Kier alpha value is -1.25. The summed E-state index contributed by atoms with van der Waals surface area (Å²) in [6.45, 7) is 4.48. The highest BCUT2D eigenvalue weighted by Gasteiger charge is 2.25. The van der Waals surface area contributed by atoms with Crippen LogP contribution >= 0.6 is 0 Å². The summed E-state index contributed by atoms with van der Waals surface area (Å²) in [5.74, 6) is 0.883. The Labute approximate surface area is 84.8 Å². The molecule has 1 aliphatic rings. The van der Waals surface area contributed by atoms with E-state index >= 15 is 0 Å². The lowest BCUT2D eigenvalue weighted by molar-refractivity contribution is -0.124. The van der Waals surface area contributed by atoms with Crippen LogP contribution in [-0.4, -0.2) is 19.6 Å². The number of hydrogen-bond acceptors (Lipinski definition) is 2. The molecule has 14 heavy (non-hydrogen) atoms. The minimum Gasteiger partial charge on any atom is -0.498 e. The normalized spacial score (nSPS) is 22.4. The van der Waals surface area contributed by atoms with Crippen molar-refractivity contribution in [2.45, 2.75) is 20.3 Å². The summed E-state index contributed by atoms with van der Waals surface area (Å²) in [4.78, 5) is 11.6. The summed E-state index contributed by atoms with van der Waals surface area (Å²) in [7, 11) is 1.67. The average Bonchev–Trinajstić information content (AvgIpc) is 2.20. The van der Waals surface area contributed by atoms with E-state index in [1.165, 1.54) is 0 Å². The summed E-state index contributed by atoms with van der Waals surface area (Å²) in [5.41, 5.74) is 0.998. The number of rotatable bonds is 2. The quantitative estimate of drug-likeness (QED) is 0.727. The van der Waals surface area contributed by atoms with Crippen LogP contribution in [0.1, 0.15) is 20.3 Å².